The van der Waals surface area contributed by atoms with Gasteiger partial charge in [0.25, 0.3) is 0 Å². The summed E-state index contributed by atoms with van der Waals surface area (Å²) in [5, 5.41) is 3.17. The highest BCUT2D eigenvalue weighted by molar-refractivity contribution is 7.89. The highest BCUT2D eigenvalue weighted by Gasteiger charge is 2.21. The summed E-state index contributed by atoms with van der Waals surface area (Å²) >= 11 is 0. The molecule has 16 heavy (non-hydrogen) atoms. The van der Waals surface area contributed by atoms with Crippen LogP contribution in [-0.4, -0.2) is 33.8 Å². The van der Waals surface area contributed by atoms with Gasteiger partial charge in [-0.15, -0.1) is 0 Å². The maximum absolute atomic E-state index is 11.7. The van der Waals surface area contributed by atoms with Crippen LogP contribution in [0.1, 0.15) is 39.0 Å². The van der Waals surface area contributed by atoms with Gasteiger partial charge in [0.05, 0.1) is 5.75 Å². The molecule has 96 valence electrons. The summed E-state index contributed by atoms with van der Waals surface area (Å²) in [6.45, 7) is 4.27. The molecule has 0 aliphatic heterocycles. The van der Waals surface area contributed by atoms with E-state index >= 15 is 0 Å². The van der Waals surface area contributed by atoms with Gasteiger partial charge in [-0.25, -0.2) is 13.1 Å². The van der Waals surface area contributed by atoms with E-state index in [4.69, 9.17) is 0 Å². The van der Waals surface area contributed by atoms with E-state index in [9.17, 15) is 8.42 Å². The molecule has 0 atom stereocenters. The molecule has 4 nitrogen and oxygen atoms in total. The lowest BCUT2D eigenvalue weighted by Gasteiger charge is -2.11. The summed E-state index contributed by atoms with van der Waals surface area (Å²) in [6, 6.07) is 0. The van der Waals surface area contributed by atoms with Crippen molar-refractivity contribution in [3.05, 3.63) is 0 Å². The van der Waals surface area contributed by atoms with Crippen LogP contribution < -0.4 is 10.0 Å². The van der Waals surface area contributed by atoms with Crippen molar-refractivity contribution >= 4 is 10.0 Å². The molecule has 1 aliphatic carbocycles. The molecule has 5 heteroatoms. The lowest BCUT2D eigenvalue weighted by Crippen LogP contribution is -2.35. The van der Waals surface area contributed by atoms with Gasteiger partial charge in [-0.2, -0.15) is 0 Å². The molecule has 2 N–H and O–H groups in total. The average Bonchev–Trinajstić information content (AvgIpc) is 2.69. The SMILES string of the molecule is CCCNCCNS(=O)(=O)CC1CCCC1. The fourth-order valence-electron chi connectivity index (χ4n) is 2.14. The predicted molar refractivity (Wildman–Crippen MR) is 66.9 cm³/mol. The zero-order valence-corrected chi connectivity index (χ0v) is 11.0. The van der Waals surface area contributed by atoms with Crippen LogP contribution in [0.2, 0.25) is 0 Å². The Morgan fingerprint density at radius 1 is 1.12 bits per heavy atom. The van der Waals surface area contributed by atoms with E-state index in [1.807, 2.05) is 0 Å². The van der Waals surface area contributed by atoms with E-state index in [0.717, 1.165) is 32.4 Å². The molecule has 0 aromatic rings. The van der Waals surface area contributed by atoms with Crippen LogP contribution in [-0.2, 0) is 10.0 Å². The fourth-order valence-corrected chi connectivity index (χ4v) is 3.63. The van der Waals surface area contributed by atoms with Crippen LogP contribution in [0.3, 0.4) is 0 Å². The second-order valence-electron chi connectivity index (χ2n) is 4.58. The molecule has 1 rings (SSSR count). The van der Waals surface area contributed by atoms with Crippen molar-refractivity contribution in [2.45, 2.75) is 39.0 Å². The van der Waals surface area contributed by atoms with E-state index in [1.165, 1.54) is 12.8 Å². The van der Waals surface area contributed by atoms with Crippen LogP contribution in [0.15, 0.2) is 0 Å². The molecular weight excluding hydrogens is 224 g/mol. The largest absolute Gasteiger partial charge is 0.315 e. The van der Waals surface area contributed by atoms with Crippen molar-refractivity contribution in [2.24, 2.45) is 5.92 Å². The zero-order valence-electron chi connectivity index (χ0n) is 10.2. The van der Waals surface area contributed by atoms with E-state index in [-0.39, 0.29) is 0 Å². The van der Waals surface area contributed by atoms with Crippen LogP contribution >= 0.6 is 0 Å². The molecule has 0 amide bonds. The minimum atomic E-state index is -3.04. The van der Waals surface area contributed by atoms with E-state index in [2.05, 4.69) is 17.0 Å². The first kappa shape index (κ1) is 13.9. The van der Waals surface area contributed by atoms with Gasteiger partial charge in [0.15, 0.2) is 0 Å². The standard InChI is InChI=1S/C11H24N2O2S/c1-2-7-12-8-9-13-16(14,15)10-11-5-3-4-6-11/h11-13H,2-10H2,1H3. The number of nitrogens with one attached hydrogen (secondary N) is 2. The minimum Gasteiger partial charge on any atom is -0.315 e. The molecule has 0 aromatic heterocycles. The normalized spacial score (nSPS) is 18.1. The predicted octanol–water partition coefficient (Wildman–Crippen LogP) is 1.10. The first-order chi connectivity index (χ1) is 7.64. The molecule has 0 unspecified atom stereocenters. The molecule has 0 bridgehead atoms. The quantitative estimate of drug-likeness (QED) is 0.632. The summed E-state index contributed by atoms with van der Waals surface area (Å²) < 4.78 is 26.0. The molecular formula is C11H24N2O2S. The molecule has 0 radical (unpaired) electrons. The summed E-state index contributed by atoms with van der Waals surface area (Å²) in [5.41, 5.74) is 0. The molecule has 1 aliphatic rings. The van der Waals surface area contributed by atoms with Crippen molar-refractivity contribution in [2.75, 3.05) is 25.4 Å². The lowest BCUT2D eigenvalue weighted by molar-refractivity contribution is 0.544. The minimum absolute atomic E-state index is 0.320. The molecule has 0 saturated heterocycles. The van der Waals surface area contributed by atoms with Gasteiger partial charge >= 0.3 is 0 Å². The third kappa shape index (κ3) is 5.82. The third-order valence-corrected chi connectivity index (χ3v) is 4.53. The van der Waals surface area contributed by atoms with Crippen LogP contribution in [0.4, 0.5) is 0 Å². The molecule has 0 heterocycles. The van der Waals surface area contributed by atoms with Gasteiger partial charge in [-0.05, 0) is 31.7 Å². The number of sulfonamides is 1. The molecule has 0 aromatic carbocycles. The van der Waals surface area contributed by atoms with Crippen molar-refractivity contribution in [1.29, 1.82) is 0 Å². The summed E-state index contributed by atoms with van der Waals surface area (Å²) in [5.74, 6) is 0.710. The van der Waals surface area contributed by atoms with Gasteiger partial charge in [0.1, 0.15) is 0 Å². The Morgan fingerprint density at radius 2 is 1.81 bits per heavy atom. The maximum Gasteiger partial charge on any atom is 0.211 e. The highest BCUT2D eigenvalue weighted by atomic mass is 32.2. The smallest absolute Gasteiger partial charge is 0.211 e. The van der Waals surface area contributed by atoms with Crippen molar-refractivity contribution < 1.29 is 8.42 Å². The lowest BCUT2D eigenvalue weighted by atomic mass is 10.1. The van der Waals surface area contributed by atoms with E-state index < -0.39 is 10.0 Å². The first-order valence-corrected chi connectivity index (χ1v) is 7.97. The summed E-state index contributed by atoms with van der Waals surface area (Å²) in [6.07, 6.45) is 5.62. The second kappa shape index (κ2) is 7.25. The number of rotatable bonds is 8. The fraction of sp³-hybridized carbons (Fsp3) is 1.00. The van der Waals surface area contributed by atoms with Gasteiger partial charge in [0, 0.05) is 13.1 Å². The topological polar surface area (TPSA) is 58.2 Å². The Kier molecular flexibility index (Phi) is 6.31. The van der Waals surface area contributed by atoms with Crippen molar-refractivity contribution in [3.8, 4) is 0 Å². The highest BCUT2D eigenvalue weighted by Crippen LogP contribution is 2.25. The summed E-state index contributed by atoms with van der Waals surface area (Å²) in [4.78, 5) is 0. The van der Waals surface area contributed by atoms with Gasteiger partial charge in [0.2, 0.25) is 10.0 Å². The Hall–Kier alpha value is -0.130. The molecule has 1 saturated carbocycles. The Bertz CT molecular complexity index is 272. The van der Waals surface area contributed by atoms with Crippen LogP contribution in [0.25, 0.3) is 0 Å². The Labute approximate surface area is 99.2 Å². The monoisotopic (exact) mass is 248 g/mol. The first-order valence-electron chi connectivity index (χ1n) is 6.32. The Balaban J connectivity index is 2.13. The van der Waals surface area contributed by atoms with E-state index in [1.54, 1.807) is 0 Å². The van der Waals surface area contributed by atoms with Crippen molar-refractivity contribution in [3.63, 3.8) is 0 Å². The van der Waals surface area contributed by atoms with Gasteiger partial charge in [-0.3, -0.25) is 0 Å². The van der Waals surface area contributed by atoms with Crippen molar-refractivity contribution in [1.82, 2.24) is 10.0 Å². The zero-order chi connectivity index (χ0) is 11.9. The van der Waals surface area contributed by atoms with E-state index in [0.29, 0.717) is 18.2 Å². The Morgan fingerprint density at radius 3 is 2.44 bits per heavy atom. The van der Waals surface area contributed by atoms with Gasteiger partial charge in [-0.1, -0.05) is 19.8 Å². The second-order valence-corrected chi connectivity index (χ2v) is 6.43. The maximum atomic E-state index is 11.7. The molecule has 0 spiro atoms. The third-order valence-electron chi connectivity index (χ3n) is 2.98. The van der Waals surface area contributed by atoms with Crippen LogP contribution in [0, 0.1) is 5.92 Å². The molecule has 1 fully saturated rings. The average molecular weight is 248 g/mol. The number of hydrogen-bond donors (Lipinski definition) is 2. The van der Waals surface area contributed by atoms with Crippen LogP contribution in [0.5, 0.6) is 0 Å². The summed E-state index contributed by atoms with van der Waals surface area (Å²) in [7, 11) is -3.04. The van der Waals surface area contributed by atoms with Gasteiger partial charge < -0.3 is 5.32 Å². The number of hydrogen-bond acceptors (Lipinski definition) is 3.